The van der Waals surface area contributed by atoms with E-state index in [1.807, 2.05) is 0 Å². The van der Waals surface area contributed by atoms with Crippen molar-refractivity contribution in [2.45, 2.75) is 17.9 Å². The van der Waals surface area contributed by atoms with E-state index < -0.39 is 10.0 Å². The second-order valence-electron chi connectivity index (χ2n) is 5.89. The van der Waals surface area contributed by atoms with Gasteiger partial charge in [0.2, 0.25) is 10.0 Å². The molecule has 2 aromatic carbocycles. The van der Waals surface area contributed by atoms with Crippen molar-refractivity contribution in [2.75, 3.05) is 20.7 Å². The third-order valence-electron chi connectivity index (χ3n) is 3.72. The Hall–Kier alpha value is -2.45. The topological polar surface area (TPSA) is 75.7 Å². The summed E-state index contributed by atoms with van der Waals surface area (Å²) in [5.41, 5.74) is 0.762. The predicted molar refractivity (Wildman–Crippen MR) is 95.8 cm³/mol. The van der Waals surface area contributed by atoms with Crippen molar-refractivity contribution in [3.8, 4) is 5.75 Å². The number of halogens is 1. The lowest BCUT2D eigenvalue weighted by atomic mass is 10.1. The van der Waals surface area contributed by atoms with Crippen molar-refractivity contribution in [1.29, 1.82) is 0 Å². The number of carbonyl (C=O) groups is 1. The highest BCUT2D eigenvalue weighted by Crippen LogP contribution is 2.18. The minimum absolute atomic E-state index is 0.185. The second-order valence-corrected chi connectivity index (χ2v) is 8.04. The van der Waals surface area contributed by atoms with Crippen LogP contribution in [0.25, 0.3) is 0 Å². The largest absolute Gasteiger partial charge is 0.484 e. The first-order valence-electron chi connectivity index (χ1n) is 7.90. The monoisotopic (exact) mass is 380 g/mol. The van der Waals surface area contributed by atoms with Gasteiger partial charge in [-0.1, -0.05) is 12.1 Å². The Morgan fingerprint density at radius 3 is 2.23 bits per heavy atom. The van der Waals surface area contributed by atoms with Gasteiger partial charge in [-0.25, -0.2) is 17.1 Å². The number of nitrogens with zero attached hydrogens (tertiary/aromatic N) is 1. The van der Waals surface area contributed by atoms with Crippen LogP contribution in [0.1, 0.15) is 18.5 Å². The van der Waals surface area contributed by atoms with Crippen molar-refractivity contribution in [3.05, 3.63) is 59.9 Å². The van der Waals surface area contributed by atoms with E-state index in [0.29, 0.717) is 5.75 Å². The summed E-state index contributed by atoms with van der Waals surface area (Å²) in [4.78, 5) is 12.2. The molecule has 8 heteroatoms. The summed E-state index contributed by atoms with van der Waals surface area (Å²) in [6.45, 7) is 1.58. The molecule has 0 radical (unpaired) electrons. The fraction of sp³-hybridized carbons (Fsp3) is 0.278. The van der Waals surface area contributed by atoms with Crippen LogP contribution in [0.3, 0.4) is 0 Å². The van der Waals surface area contributed by atoms with Gasteiger partial charge in [-0.05, 0) is 48.9 Å². The molecule has 2 rings (SSSR count). The molecule has 1 unspecified atom stereocenters. The zero-order valence-corrected chi connectivity index (χ0v) is 15.6. The first-order chi connectivity index (χ1) is 12.2. The Balaban J connectivity index is 1.93. The molecule has 0 fully saturated rings. The molecular weight excluding hydrogens is 359 g/mol. The molecule has 0 spiro atoms. The lowest BCUT2D eigenvalue weighted by Gasteiger charge is -2.16. The number of nitrogens with one attached hydrogen (secondary N) is 1. The van der Waals surface area contributed by atoms with Gasteiger partial charge in [-0.3, -0.25) is 4.79 Å². The van der Waals surface area contributed by atoms with Crippen molar-refractivity contribution < 1.29 is 22.3 Å². The van der Waals surface area contributed by atoms with Crippen LogP contribution in [0.5, 0.6) is 5.75 Å². The van der Waals surface area contributed by atoms with Crippen LogP contribution in [0.2, 0.25) is 0 Å². The van der Waals surface area contributed by atoms with Gasteiger partial charge < -0.3 is 10.1 Å². The molecule has 2 aromatic rings. The summed E-state index contributed by atoms with van der Waals surface area (Å²) >= 11 is 0. The van der Waals surface area contributed by atoms with E-state index in [9.17, 15) is 17.6 Å². The zero-order valence-electron chi connectivity index (χ0n) is 14.8. The Kier molecular flexibility index (Phi) is 6.33. The van der Waals surface area contributed by atoms with Crippen molar-refractivity contribution in [1.82, 2.24) is 9.62 Å². The lowest BCUT2D eigenvalue weighted by Crippen LogP contribution is -2.31. The maximum Gasteiger partial charge on any atom is 0.258 e. The smallest absolute Gasteiger partial charge is 0.258 e. The van der Waals surface area contributed by atoms with E-state index in [1.165, 1.54) is 50.5 Å². The normalized spacial score (nSPS) is 12.7. The average Bonchev–Trinajstić information content (AvgIpc) is 2.61. The molecule has 140 valence electrons. The fourth-order valence-electron chi connectivity index (χ4n) is 2.19. The Bertz CT molecular complexity index is 850. The van der Waals surface area contributed by atoms with Crippen LogP contribution < -0.4 is 10.1 Å². The third kappa shape index (κ3) is 5.03. The van der Waals surface area contributed by atoms with Gasteiger partial charge in [0.25, 0.3) is 5.91 Å². The van der Waals surface area contributed by atoms with Crippen LogP contribution >= 0.6 is 0 Å². The molecule has 1 atom stereocenters. The van der Waals surface area contributed by atoms with Gasteiger partial charge >= 0.3 is 0 Å². The van der Waals surface area contributed by atoms with Gasteiger partial charge in [0.15, 0.2) is 6.61 Å². The third-order valence-corrected chi connectivity index (χ3v) is 5.55. The molecule has 26 heavy (non-hydrogen) atoms. The minimum Gasteiger partial charge on any atom is -0.484 e. The molecule has 0 aliphatic heterocycles. The summed E-state index contributed by atoms with van der Waals surface area (Å²) in [7, 11) is -0.554. The van der Waals surface area contributed by atoms with Crippen LogP contribution in [0.15, 0.2) is 53.4 Å². The first-order valence-corrected chi connectivity index (χ1v) is 9.34. The quantitative estimate of drug-likeness (QED) is 0.800. The number of hydrogen-bond donors (Lipinski definition) is 1. The summed E-state index contributed by atoms with van der Waals surface area (Å²) in [5.74, 6) is -0.325. The number of sulfonamides is 1. The van der Waals surface area contributed by atoms with E-state index in [-0.39, 0.29) is 29.3 Å². The predicted octanol–water partition coefficient (Wildman–Crippen LogP) is 2.33. The van der Waals surface area contributed by atoms with Crippen LogP contribution in [0, 0.1) is 5.82 Å². The molecule has 0 heterocycles. The van der Waals surface area contributed by atoms with Gasteiger partial charge in [0, 0.05) is 14.1 Å². The van der Waals surface area contributed by atoms with Gasteiger partial charge in [0.05, 0.1) is 10.9 Å². The van der Waals surface area contributed by atoms with Gasteiger partial charge in [0.1, 0.15) is 11.6 Å². The molecule has 0 aromatic heterocycles. The van der Waals surface area contributed by atoms with E-state index in [1.54, 1.807) is 19.1 Å². The Labute approximate surface area is 152 Å². The summed E-state index contributed by atoms with van der Waals surface area (Å²) in [6, 6.07) is 11.4. The molecular formula is C18H21FN2O4S. The first kappa shape index (κ1) is 19.9. The molecule has 0 bridgehead atoms. The maximum atomic E-state index is 12.8. The SMILES string of the molecule is CC(NC(=O)COc1ccc(F)cc1)c1ccc(S(=O)(=O)N(C)C)cc1. The number of hydrogen-bond acceptors (Lipinski definition) is 4. The highest BCUT2D eigenvalue weighted by atomic mass is 32.2. The summed E-state index contributed by atoms with van der Waals surface area (Å²) < 4.78 is 43.3. The van der Waals surface area contributed by atoms with E-state index in [4.69, 9.17) is 4.74 Å². The molecule has 1 amide bonds. The summed E-state index contributed by atoms with van der Waals surface area (Å²) in [5, 5.41) is 2.76. The van der Waals surface area contributed by atoms with Gasteiger partial charge in [-0.15, -0.1) is 0 Å². The molecule has 0 aliphatic carbocycles. The highest BCUT2D eigenvalue weighted by molar-refractivity contribution is 7.89. The van der Waals surface area contributed by atoms with E-state index in [0.717, 1.165) is 9.87 Å². The minimum atomic E-state index is -3.49. The molecule has 0 saturated heterocycles. The zero-order chi connectivity index (χ0) is 19.3. The van der Waals surface area contributed by atoms with Crippen LogP contribution in [0.4, 0.5) is 4.39 Å². The molecule has 0 aliphatic rings. The van der Waals surface area contributed by atoms with E-state index in [2.05, 4.69) is 5.32 Å². The van der Waals surface area contributed by atoms with Crippen LogP contribution in [-0.2, 0) is 14.8 Å². The molecule has 1 N–H and O–H groups in total. The average molecular weight is 380 g/mol. The number of carbonyl (C=O) groups excluding carboxylic acids is 1. The summed E-state index contributed by atoms with van der Waals surface area (Å²) in [6.07, 6.45) is 0. The van der Waals surface area contributed by atoms with E-state index >= 15 is 0 Å². The Morgan fingerprint density at radius 2 is 1.69 bits per heavy atom. The molecule has 6 nitrogen and oxygen atoms in total. The number of rotatable bonds is 7. The molecule has 0 saturated carbocycles. The van der Waals surface area contributed by atoms with Crippen molar-refractivity contribution in [2.24, 2.45) is 0 Å². The maximum absolute atomic E-state index is 12.8. The van der Waals surface area contributed by atoms with Crippen LogP contribution in [-0.4, -0.2) is 39.3 Å². The number of ether oxygens (including phenoxy) is 1. The Morgan fingerprint density at radius 1 is 1.12 bits per heavy atom. The number of benzene rings is 2. The standard InChI is InChI=1S/C18H21FN2O4S/c1-13(14-4-10-17(11-5-14)26(23,24)21(2)3)20-18(22)12-25-16-8-6-15(19)7-9-16/h4-11,13H,12H2,1-3H3,(H,20,22). The fourth-order valence-corrected chi connectivity index (χ4v) is 3.09. The van der Waals surface area contributed by atoms with Gasteiger partial charge in [-0.2, -0.15) is 0 Å². The second kappa shape index (κ2) is 8.29. The lowest BCUT2D eigenvalue weighted by molar-refractivity contribution is -0.123. The highest BCUT2D eigenvalue weighted by Gasteiger charge is 2.17. The van der Waals surface area contributed by atoms with Crippen molar-refractivity contribution >= 4 is 15.9 Å². The van der Waals surface area contributed by atoms with Crippen molar-refractivity contribution in [3.63, 3.8) is 0 Å². The number of amides is 1.